The van der Waals surface area contributed by atoms with Gasteiger partial charge in [0.15, 0.2) is 0 Å². The van der Waals surface area contributed by atoms with Crippen molar-refractivity contribution >= 4 is 12.1 Å². The molecule has 1 aromatic rings. The number of ether oxygens (including phenoxy) is 1. The number of nitrogens with one attached hydrogen (secondary N) is 1. The van der Waals surface area contributed by atoms with Crippen molar-refractivity contribution in [2.24, 2.45) is 0 Å². The summed E-state index contributed by atoms with van der Waals surface area (Å²) in [7, 11) is 0. The van der Waals surface area contributed by atoms with Crippen LogP contribution in [0.15, 0.2) is 30.3 Å². The summed E-state index contributed by atoms with van der Waals surface area (Å²) in [5.41, 5.74) is 0.849. The van der Waals surface area contributed by atoms with Gasteiger partial charge in [-0.3, -0.25) is 0 Å². The zero-order valence-corrected chi connectivity index (χ0v) is 9.67. The number of aliphatic hydroxyl groups is 1. The third-order valence-corrected chi connectivity index (χ3v) is 2.17. The molecule has 0 aliphatic carbocycles. The van der Waals surface area contributed by atoms with Crippen molar-refractivity contribution in [2.75, 3.05) is 6.54 Å². The summed E-state index contributed by atoms with van der Waals surface area (Å²) in [6.07, 6.45) is -2.37. The molecular formula is C12H14NO5-. The van der Waals surface area contributed by atoms with Crippen LogP contribution in [-0.2, 0) is 16.1 Å². The fourth-order valence-electron chi connectivity index (χ4n) is 1.20. The maximum Gasteiger partial charge on any atom is 0.407 e. The Morgan fingerprint density at radius 1 is 1.33 bits per heavy atom. The molecule has 0 radical (unpaired) electrons. The molecule has 1 rings (SSSR count). The molecule has 1 aromatic carbocycles. The fraction of sp³-hybridized carbons (Fsp3) is 0.333. The Morgan fingerprint density at radius 3 is 2.61 bits per heavy atom. The molecule has 6 nitrogen and oxygen atoms in total. The van der Waals surface area contributed by atoms with Crippen LogP contribution in [0.4, 0.5) is 4.79 Å². The lowest BCUT2D eigenvalue weighted by Crippen LogP contribution is -2.38. The van der Waals surface area contributed by atoms with E-state index in [4.69, 9.17) is 9.84 Å². The molecule has 1 amide bonds. The first-order valence-electron chi connectivity index (χ1n) is 5.43. The minimum Gasteiger partial charge on any atom is -0.547 e. The summed E-state index contributed by atoms with van der Waals surface area (Å²) in [6.45, 7) is 0.137. The molecular weight excluding hydrogens is 238 g/mol. The fourth-order valence-corrected chi connectivity index (χ4v) is 1.20. The van der Waals surface area contributed by atoms with Crippen LogP contribution >= 0.6 is 0 Å². The molecule has 0 aliphatic rings. The number of alkyl carbamates (subject to hydrolysis) is 1. The Labute approximate surface area is 104 Å². The van der Waals surface area contributed by atoms with E-state index in [-0.39, 0.29) is 19.6 Å². The third kappa shape index (κ3) is 5.31. The van der Waals surface area contributed by atoms with Crippen molar-refractivity contribution in [2.45, 2.75) is 19.1 Å². The van der Waals surface area contributed by atoms with E-state index >= 15 is 0 Å². The van der Waals surface area contributed by atoms with Gasteiger partial charge in [-0.1, -0.05) is 30.3 Å². The molecule has 0 heterocycles. The van der Waals surface area contributed by atoms with Crippen LogP contribution in [0, 0.1) is 0 Å². The maximum absolute atomic E-state index is 11.2. The number of carboxylic acid groups (broad SMARTS) is 1. The summed E-state index contributed by atoms with van der Waals surface area (Å²) in [5.74, 6) is -1.56. The van der Waals surface area contributed by atoms with Crippen LogP contribution in [0.1, 0.15) is 12.0 Å². The number of aliphatic carboxylic acids is 1. The van der Waals surface area contributed by atoms with Crippen LogP contribution in [0.3, 0.4) is 0 Å². The van der Waals surface area contributed by atoms with Gasteiger partial charge in [-0.15, -0.1) is 0 Å². The van der Waals surface area contributed by atoms with E-state index < -0.39 is 18.2 Å². The summed E-state index contributed by atoms with van der Waals surface area (Å²) in [5, 5.41) is 21.4. The Kier molecular flexibility index (Phi) is 5.66. The Bertz CT molecular complexity index is 393. The predicted octanol–water partition coefficient (Wildman–Crippen LogP) is -0.586. The van der Waals surface area contributed by atoms with Crippen molar-refractivity contribution in [1.82, 2.24) is 5.32 Å². The lowest BCUT2D eigenvalue weighted by atomic mass is 10.2. The number of carbonyl (C=O) groups is 2. The highest BCUT2D eigenvalue weighted by molar-refractivity contribution is 5.70. The summed E-state index contributed by atoms with van der Waals surface area (Å²) in [6, 6.07) is 9.13. The summed E-state index contributed by atoms with van der Waals surface area (Å²) < 4.78 is 4.88. The van der Waals surface area contributed by atoms with Gasteiger partial charge in [0, 0.05) is 6.54 Å². The van der Waals surface area contributed by atoms with Gasteiger partial charge < -0.3 is 25.1 Å². The highest BCUT2D eigenvalue weighted by Crippen LogP contribution is 2.00. The average Bonchev–Trinajstić information content (AvgIpc) is 2.37. The second-order valence-corrected chi connectivity index (χ2v) is 3.61. The largest absolute Gasteiger partial charge is 0.547 e. The Morgan fingerprint density at radius 2 is 2.00 bits per heavy atom. The van der Waals surface area contributed by atoms with Crippen LogP contribution in [0.2, 0.25) is 0 Å². The molecule has 0 spiro atoms. The molecule has 1 atom stereocenters. The monoisotopic (exact) mass is 252 g/mol. The van der Waals surface area contributed by atoms with Gasteiger partial charge in [0.2, 0.25) is 0 Å². The second kappa shape index (κ2) is 7.29. The highest BCUT2D eigenvalue weighted by Gasteiger charge is 2.06. The SMILES string of the molecule is O=C(NCC[C@@H](O)C(=O)[O-])OCc1ccccc1. The molecule has 0 aliphatic heterocycles. The molecule has 2 N–H and O–H groups in total. The van der Waals surface area contributed by atoms with Crippen LogP contribution in [-0.4, -0.2) is 29.8 Å². The number of hydrogen-bond donors (Lipinski definition) is 2. The molecule has 98 valence electrons. The smallest absolute Gasteiger partial charge is 0.407 e. The number of rotatable bonds is 6. The Hall–Kier alpha value is -2.08. The maximum atomic E-state index is 11.2. The molecule has 0 aromatic heterocycles. The molecule has 0 unspecified atom stereocenters. The lowest BCUT2D eigenvalue weighted by molar-refractivity contribution is -0.315. The van der Waals surface area contributed by atoms with E-state index in [1.807, 2.05) is 30.3 Å². The zero-order valence-electron chi connectivity index (χ0n) is 9.67. The number of amides is 1. The van der Waals surface area contributed by atoms with Gasteiger partial charge in [0.05, 0.1) is 12.1 Å². The first-order valence-corrected chi connectivity index (χ1v) is 5.43. The number of benzene rings is 1. The van der Waals surface area contributed by atoms with Gasteiger partial charge in [-0.05, 0) is 12.0 Å². The number of hydrogen-bond acceptors (Lipinski definition) is 5. The van der Waals surface area contributed by atoms with Gasteiger partial charge >= 0.3 is 6.09 Å². The van der Waals surface area contributed by atoms with E-state index in [9.17, 15) is 14.7 Å². The first-order chi connectivity index (χ1) is 8.59. The molecule has 0 saturated carbocycles. The first kappa shape index (κ1) is 14.0. The molecule has 0 saturated heterocycles. The van der Waals surface area contributed by atoms with Crippen molar-refractivity contribution in [1.29, 1.82) is 0 Å². The second-order valence-electron chi connectivity index (χ2n) is 3.61. The van der Waals surface area contributed by atoms with E-state index in [0.29, 0.717) is 0 Å². The van der Waals surface area contributed by atoms with Gasteiger partial charge in [-0.25, -0.2) is 4.79 Å². The third-order valence-electron chi connectivity index (χ3n) is 2.17. The van der Waals surface area contributed by atoms with Crippen molar-refractivity contribution in [3.05, 3.63) is 35.9 Å². The zero-order chi connectivity index (χ0) is 13.4. The number of carboxylic acids is 1. The molecule has 0 fully saturated rings. The van der Waals surface area contributed by atoms with E-state index in [0.717, 1.165) is 5.56 Å². The molecule has 6 heteroatoms. The molecule has 18 heavy (non-hydrogen) atoms. The van der Waals surface area contributed by atoms with Crippen LogP contribution in [0.5, 0.6) is 0 Å². The standard InChI is InChI=1S/C12H15NO5/c14-10(11(15)16)6-7-13-12(17)18-8-9-4-2-1-3-5-9/h1-5,10,14H,6-8H2,(H,13,17)(H,15,16)/p-1/t10-/m1/s1. The van der Waals surface area contributed by atoms with Gasteiger partial charge in [0.25, 0.3) is 0 Å². The summed E-state index contributed by atoms with van der Waals surface area (Å²) in [4.78, 5) is 21.4. The van der Waals surface area contributed by atoms with E-state index in [2.05, 4.69) is 5.32 Å². The van der Waals surface area contributed by atoms with Crippen molar-refractivity contribution in [3.8, 4) is 0 Å². The summed E-state index contributed by atoms with van der Waals surface area (Å²) >= 11 is 0. The lowest BCUT2D eigenvalue weighted by Gasteiger charge is -2.11. The highest BCUT2D eigenvalue weighted by atomic mass is 16.5. The average molecular weight is 252 g/mol. The van der Waals surface area contributed by atoms with E-state index in [1.165, 1.54) is 0 Å². The van der Waals surface area contributed by atoms with Crippen LogP contribution in [0.25, 0.3) is 0 Å². The van der Waals surface area contributed by atoms with E-state index in [1.54, 1.807) is 0 Å². The number of carbonyl (C=O) groups excluding carboxylic acids is 2. The quantitative estimate of drug-likeness (QED) is 0.705. The van der Waals surface area contributed by atoms with Gasteiger partial charge in [-0.2, -0.15) is 0 Å². The topological polar surface area (TPSA) is 98.7 Å². The van der Waals surface area contributed by atoms with Crippen LogP contribution < -0.4 is 10.4 Å². The van der Waals surface area contributed by atoms with Gasteiger partial charge in [0.1, 0.15) is 6.61 Å². The van der Waals surface area contributed by atoms with Crippen molar-refractivity contribution < 1.29 is 24.5 Å². The predicted molar refractivity (Wildman–Crippen MR) is 60.3 cm³/mol. The number of aliphatic hydroxyl groups excluding tert-OH is 1. The van der Waals surface area contributed by atoms with Crippen molar-refractivity contribution in [3.63, 3.8) is 0 Å². The molecule has 0 bridgehead atoms. The minimum absolute atomic E-state index is 0.00275. The minimum atomic E-state index is -1.58. The normalized spacial score (nSPS) is 11.6. The Balaban J connectivity index is 2.17.